The summed E-state index contributed by atoms with van der Waals surface area (Å²) in [6.45, 7) is 1.69. The third-order valence-corrected chi connectivity index (χ3v) is 6.08. The summed E-state index contributed by atoms with van der Waals surface area (Å²) in [6, 6.07) is 11.5. The van der Waals surface area contributed by atoms with Crippen LogP contribution in [-0.4, -0.2) is 40.5 Å². The molecule has 0 bridgehead atoms. The van der Waals surface area contributed by atoms with Crippen molar-refractivity contribution < 1.29 is 18.4 Å². The van der Waals surface area contributed by atoms with Crippen molar-refractivity contribution in [2.75, 3.05) is 18.4 Å². The largest absolute Gasteiger partial charge is 0.357 e. The Bertz CT molecular complexity index is 1240. The lowest BCUT2D eigenvalue weighted by atomic mass is 9.97. The van der Waals surface area contributed by atoms with Gasteiger partial charge in [0.15, 0.2) is 17.4 Å². The summed E-state index contributed by atoms with van der Waals surface area (Å²) < 4.78 is 28.6. The maximum Gasteiger partial charge on any atom is 0.257 e. The van der Waals surface area contributed by atoms with Gasteiger partial charge < -0.3 is 10.2 Å². The van der Waals surface area contributed by atoms with E-state index in [9.17, 15) is 18.4 Å². The first-order chi connectivity index (χ1) is 16.3. The minimum absolute atomic E-state index is 0. The van der Waals surface area contributed by atoms with Gasteiger partial charge in [-0.15, -0.1) is 0 Å². The van der Waals surface area contributed by atoms with E-state index in [4.69, 9.17) is 5.41 Å². The molecule has 1 saturated heterocycles. The van der Waals surface area contributed by atoms with Crippen molar-refractivity contribution in [3.8, 4) is 0 Å². The fraction of sp³-hybridized carbons (Fsp3) is 0.231. The SMILES string of the molecule is C.N=C(c1ccc(C(=O)Cc2cc(F)c(F)cc2C(=O)Nc2ccc(Br)cn2)cc1)N1CCCC1. The molecule has 0 radical (unpaired) electrons. The Labute approximate surface area is 211 Å². The van der Waals surface area contributed by atoms with Gasteiger partial charge >= 0.3 is 0 Å². The van der Waals surface area contributed by atoms with Crippen molar-refractivity contribution in [1.82, 2.24) is 9.88 Å². The molecule has 0 atom stereocenters. The van der Waals surface area contributed by atoms with Gasteiger partial charge in [-0.25, -0.2) is 13.8 Å². The molecule has 6 nitrogen and oxygen atoms in total. The lowest BCUT2D eigenvalue weighted by molar-refractivity contribution is 0.0992. The molecule has 4 rings (SSSR count). The van der Waals surface area contributed by atoms with E-state index < -0.39 is 17.5 Å². The second kappa shape index (κ2) is 11.3. The lowest BCUT2D eigenvalue weighted by Crippen LogP contribution is -2.27. The number of carbonyl (C=O) groups is 2. The second-order valence-electron chi connectivity index (χ2n) is 7.96. The van der Waals surface area contributed by atoms with Crippen LogP contribution in [0.3, 0.4) is 0 Å². The molecular weight excluding hydrogens is 518 g/mol. The van der Waals surface area contributed by atoms with E-state index in [0.29, 0.717) is 21.4 Å². The second-order valence-corrected chi connectivity index (χ2v) is 8.87. The number of nitrogens with zero attached hydrogens (tertiary/aromatic N) is 2. The minimum atomic E-state index is -1.19. The van der Waals surface area contributed by atoms with Crippen molar-refractivity contribution in [3.63, 3.8) is 0 Å². The van der Waals surface area contributed by atoms with Crippen LogP contribution >= 0.6 is 15.9 Å². The summed E-state index contributed by atoms with van der Waals surface area (Å²) in [5.41, 5.74) is 0.966. The summed E-state index contributed by atoms with van der Waals surface area (Å²) in [5.74, 6) is -2.75. The van der Waals surface area contributed by atoms with Crippen LogP contribution in [0.4, 0.5) is 14.6 Å². The topological polar surface area (TPSA) is 86.1 Å². The average molecular weight is 543 g/mol. The number of amidine groups is 1. The third kappa shape index (κ3) is 6.16. The molecule has 1 aromatic heterocycles. The molecule has 35 heavy (non-hydrogen) atoms. The summed E-state index contributed by atoms with van der Waals surface area (Å²) in [4.78, 5) is 31.7. The average Bonchev–Trinajstić information content (AvgIpc) is 3.37. The predicted molar refractivity (Wildman–Crippen MR) is 135 cm³/mol. The van der Waals surface area contributed by atoms with E-state index in [1.165, 1.54) is 6.20 Å². The number of pyridine rings is 1. The Kier molecular flexibility index (Phi) is 8.45. The van der Waals surface area contributed by atoms with Crippen molar-refractivity contribution in [3.05, 3.63) is 93.1 Å². The van der Waals surface area contributed by atoms with Crippen molar-refractivity contribution >= 4 is 39.3 Å². The fourth-order valence-electron chi connectivity index (χ4n) is 3.79. The van der Waals surface area contributed by atoms with Crippen molar-refractivity contribution in [2.45, 2.75) is 26.7 Å². The molecular formula is C26H25BrF2N4O2. The zero-order valence-electron chi connectivity index (χ0n) is 18.1. The number of hydrogen-bond donors (Lipinski definition) is 2. The molecule has 0 aliphatic carbocycles. The van der Waals surface area contributed by atoms with Crippen LogP contribution in [0.5, 0.6) is 0 Å². The lowest BCUT2D eigenvalue weighted by Gasteiger charge is -2.18. The quantitative estimate of drug-likeness (QED) is 0.232. The highest BCUT2D eigenvalue weighted by atomic mass is 79.9. The number of ketones is 1. The number of hydrogen-bond acceptors (Lipinski definition) is 4. The van der Waals surface area contributed by atoms with E-state index in [1.807, 2.05) is 4.90 Å². The van der Waals surface area contributed by atoms with Gasteiger partial charge in [0.2, 0.25) is 0 Å². The molecule has 182 valence electrons. The van der Waals surface area contributed by atoms with Crippen molar-refractivity contribution in [2.24, 2.45) is 0 Å². The highest BCUT2D eigenvalue weighted by molar-refractivity contribution is 9.10. The number of Topliss-reactive ketones (excluding diaryl/α,β-unsaturated/α-hetero) is 1. The number of nitrogens with one attached hydrogen (secondary N) is 2. The first-order valence-corrected chi connectivity index (χ1v) is 11.5. The molecule has 1 aliphatic heterocycles. The number of amides is 1. The van der Waals surface area contributed by atoms with Crippen LogP contribution in [0.2, 0.25) is 0 Å². The van der Waals surface area contributed by atoms with Crippen LogP contribution in [0, 0.1) is 17.0 Å². The molecule has 0 spiro atoms. The van der Waals surface area contributed by atoms with Crippen LogP contribution in [0.25, 0.3) is 0 Å². The van der Waals surface area contributed by atoms with Gasteiger partial charge in [-0.2, -0.15) is 0 Å². The Morgan fingerprint density at radius 3 is 2.26 bits per heavy atom. The molecule has 1 aliphatic rings. The number of benzene rings is 2. The molecule has 1 amide bonds. The maximum absolute atomic E-state index is 14.0. The number of halogens is 3. The Balaban J connectivity index is 0.00000342. The van der Waals surface area contributed by atoms with E-state index in [2.05, 4.69) is 26.2 Å². The smallest absolute Gasteiger partial charge is 0.257 e. The van der Waals surface area contributed by atoms with Gasteiger partial charge in [-0.3, -0.25) is 15.0 Å². The molecule has 2 N–H and O–H groups in total. The normalized spacial score (nSPS) is 12.7. The van der Waals surface area contributed by atoms with Gasteiger partial charge in [0.1, 0.15) is 11.7 Å². The standard InChI is InChI=1S/C25H21BrF2N4O2.CH4/c26-18-7-8-23(30-14-18)31-25(34)19-13-21(28)20(27)11-17(19)12-22(33)15-3-5-16(6-4-15)24(29)32-9-1-2-10-32;/h3-8,11,13-14,29H,1-2,9-10,12H2,(H,30,31,34);1H4. The monoisotopic (exact) mass is 542 g/mol. The van der Waals surface area contributed by atoms with Gasteiger partial charge in [0.25, 0.3) is 5.91 Å². The summed E-state index contributed by atoms with van der Waals surface area (Å²) in [6.07, 6.45) is 3.30. The summed E-state index contributed by atoms with van der Waals surface area (Å²) >= 11 is 3.25. The van der Waals surface area contributed by atoms with E-state index in [1.54, 1.807) is 36.4 Å². The number of carbonyl (C=O) groups excluding carboxylic acids is 2. The number of likely N-dealkylation sites (tertiary alicyclic amines) is 1. The summed E-state index contributed by atoms with van der Waals surface area (Å²) in [5, 5.41) is 10.9. The number of aromatic nitrogens is 1. The molecule has 1 fully saturated rings. The van der Waals surface area contributed by atoms with Crippen molar-refractivity contribution in [1.29, 1.82) is 5.41 Å². The van der Waals surface area contributed by atoms with Gasteiger partial charge in [0.05, 0.1) is 0 Å². The fourth-order valence-corrected chi connectivity index (χ4v) is 4.03. The van der Waals surface area contributed by atoms with E-state index >= 15 is 0 Å². The highest BCUT2D eigenvalue weighted by Gasteiger charge is 2.20. The van der Waals surface area contributed by atoms with Crippen LogP contribution in [-0.2, 0) is 6.42 Å². The molecule has 2 heterocycles. The van der Waals surface area contributed by atoms with Gasteiger partial charge in [0, 0.05) is 46.9 Å². The maximum atomic E-state index is 14.0. The highest BCUT2D eigenvalue weighted by Crippen LogP contribution is 2.20. The Morgan fingerprint density at radius 1 is 1.00 bits per heavy atom. The molecule has 0 unspecified atom stereocenters. The van der Waals surface area contributed by atoms with Gasteiger partial charge in [-0.1, -0.05) is 31.7 Å². The number of anilines is 1. The molecule has 2 aromatic carbocycles. The zero-order valence-corrected chi connectivity index (χ0v) is 19.7. The Hall–Kier alpha value is -3.46. The first kappa shape index (κ1) is 26.2. The van der Waals surface area contributed by atoms with Crippen LogP contribution in [0.15, 0.2) is 59.2 Å². The van der Waals surface area contributed by atoms with E-state index in [-0.39, 0.29) is 36.6 Å². The zero-order chi connectivity index (χ0) is 24.2. The first-order valence-electron chi connectivity index (χ1n) is 10.7. The van der Waals surface area contributed by atoms with E-state index in [0.717, 1.165) is 38.1 Å². The molecule has 9 heteroatoms. The molecule has 0 saturated carbocycles. The molecule has 3 aromatic rings. The Morgan fingerprint density at radius 2 is 1.63 bits per heavy atom. The predicted octanol–water partition coefficient (Wildman–Crippen LogP) is 5.86. The summed E-state index contributed by atoms with van der Waals surface area (Å²) in [7, 11) is 0. The van der Waals surface area contributed by atoms with Gasteiger partial charge in [-0.05, 0) is 58.6 Å². The van der Waals surface area contributed by atoms with Crippen LogP contribution in [0.1, 0.15) is 52.1 Å². The minimum Gasteiger partial charge on any atom is -0.357 e. The van der Waals surface area contributed by atoms with Crippen LogP contribution < -0.4 is 5.32 Å². The number of rotatable bonds is 6. The third-order valence-electron chi connectivity index (χ3n) is 5.61.